The van der Waals surface area contributed by atoms with E-state index >= 15 is 0 Å². The first-order valence-corrected chi connectivity index (χ1v) is 9.08. The minimum absolute atomic E-state index is 0.429. The average molecular weight is 342 g/mol. The van der Waals surface area contributed by atoms with E-state index in [-0.39, 0.29) is 0 Å². The zero-order chi connectivity index (χ0) is 17.6. The molecule has 1 aliphatic rings. The Bertz CT molecular complexity index is 1080. The van der Waals surface area contributed by atoms with Crippen molar-refractivity contribution in [3.8, 4) is 23.5 Å². The second-order valence-electron chi connectivity index (χ2n) is 6.61. The molecule has 0 fully saturated rings. The number of terminal acetylenes is 1. The molecule has 3 aromatic rings. The largest absolute Gasteiger partial charge is 0.173 e. The van der Waals surface area contributed by atoms with Gasteiger partial charge in [0.2, 0.25) is 0 Å². The van der Waals surface area contributed by atoms with Crippen LogP contribution in [-0.4, -0.2) is 8.75 Å². The number of nitrogens with zero attached hydrogens (tertiary/aromatic N) is 2. The first-order valence-electron chi connectivity index (χ1n) is 8.35. The SMILES string of the molecule is C#CC1=C(C=C)c2ccc(-c3ccc(C(C)C)c4nsnc34)cc2C1. The summed E-state index contributed by atoms with van der Waals surface area (Å²) in [5.74, 6) is 3.23. The minimum Gasteiger partial charge on any atom is -0.173 e. The van der Waals surface area contributed by atoms with Crippen molar-refractivity contribution in [2.75, 3.05) is 0 Å². The van der Waals surface area contributed by atoms with Crippen molar-refractivity contribution in [1.82, 2.24) is 8.75 Å². The maximum Gasteiger partial charge on any atom is 0.112 e. The van der Waals surface area contributed by atoms with Crippen LogP contribution in [0.2, 0.25) is 0 Å². The van der Waals surface area contributed by atoms with Crippen molar-refractivity contribution in [2.45, 2.75) is 26.2 Å². The number of aromatic nitrogens is 2. The predicted molar refractivity (Wildman–Crippen MR) is 107 cm³/mol. The molecule has 4 rings (SSSR count). The van der Waals surface area contributed by atoms with E-state index in [1.807, 2.05) is 6.08 Å². The van der Waals surface area contributed by atoms with E-state index < -0.39 is 0 Å². The van der Waals surface area contributed by atoms with E-state index in [4.69, 9.17) is 6.42 Å². The van der Waals surface area contributed by atoms with Crippen molar-refractivity contribution in [1.29, 1.82) is 0 Å². The van der Waals surface area contributed by atoms with Gasteiger partial charge in [-0.1, -0.05) is 62.8 Å². The van der Waals surface area contributed by atoms with Crippen LogP contribution in [-0.2, 0) is 6.42 Å². The molecule has 2 nitrogen and oxygen atoms in total. The Balaban J connectivity index is 1.86. The lowest BCUT2D eigenvalue weighted by Crippen LogP contribution is -1.92. The van der Waals surface area contributed by atoms with Crippen molar-refractivity contribution in [3.05, 3.63) is 65.3 Å². The second kappa shape index (κ2) is 5.98. The summed E-state index contributed by atoms with van der Waals surface area (Å²) in [7, 11) is 0. The van der Waals surface area contributed by atoms with Gasteiger partial charge in [0.05, 0.1) is 11.7 Å². The van der Waals surface area contributed by atoms with Crippen LogP contribution in [0.4, 0.5) is 0 Å². The summed E-state index contributed by atoms with van der Waals surface area (Å²) in [6.07, 6.45) is 8.32. The Morgan fingerprint density at radius 3 is 2.64 bits per heavy atom. The Morgan fingerprint density at radius 2 is 1.92 bits per heavy atom. The topological polar surface area (TPSA) is 25.8 Å². The standard InChI is InChI=1S/C22H18N2S/c1-5-14-11-16-12-15(7-8-19(16)17(14)6-2)20-10-9-18(13(3)4)21-22(20)24-25-23-21/h1,6-10,12-13H,2,11H2,3-4H3. The van der Waals surface area contributed by atoms with Crippen molar-refractivity contribution in [3.63, 3.8) is 0 Å². The highest BCUT2D eigenvalue weighted by atomic mass is 32.1. The Labute approximate surface area is 152 Å². The van der Waals surface area contributed by atoms with Crippen LogP contribution < -0.4 is 0 Å². The molecule has 0 amide bonds. The first-order chi connectivity index (χ1) is 12.1. The summed E-state index contributed by atoms with van der Waals surface area (Å²) in [5.41, 5.74) is 10.1. The summed E-state index contributed by atoms with van der Waals surface area (Å²) in [6, 6.07) is 10.9. The molecule has 0 aliphatic heterocycles. The van der Waals surface area contributed by atoms with E-state index in [1.165, 1.54) is 28.4 Å². The Hall–Kier alpha value is -2.70. The Kier molecular flexibility index (Phi) is 3.78. The molecule has 3 heteroatoms. The fourth-order valence-electron chi connectivity index (χ4n) is 3.56. The number of benzene rings is 2. The Morgan fingerprint density at radius 1 is 1.16 bits per heavy atom. The smallest absolute Gasteiger partial charge is 0.112 e. The van der Waals surface area contributed by atoms with Crippen LogP contribution in [0.5, 0.6) is 0 Å². The van der Waals surface area contributed by atoms with Gasteiger partial charge in [0.25, 0.3) is 0 Å². The van der Waals surface area contributed by atoms with Crippen molar-refractivity contribution >= 4 is 28.3 Å². The van der Waals surface area contributed by atoms with E-state index in [1.54, 1.807) is 0 Å². The normalized spacial score (nSPS) is 13.4. The van der Waals surface area contributed by atoms with E-state index in [0.29, 0.717) is 5.92 Å². The molecule has 0 radical (unpaired) electrons. The van der Waals surface area contributed by atoms with Gasteiger partial charge in [0.1, 0.15) is 11.0 Å². The third-order valence-electron chi connectivity index (χ3n) is 4.85. The van der Waals surface area contributed by atoms with Gasteiger partial charge >= 0.3 is 0 Å². The summed E-state index contributed by atoms with van der Waals surface area (Å²) in [6.45, 7) is 8.29. The highest BCUT2D eigenvalue weighted by Crippen LogP contribution is 2.38. The van der Waals surface area contributed by atoms with Crippen LogP contribution >= 0.6 is 11.7 Å². The van der Waals surface area contributed by atoms with Crippen LogP contribution in [0.25, 0.3) is 27.7 Å². The highest BCUT2D eigenvalue weighted by Gasteiger charge is 2.20. The molecule has 122 valence electrons. The van der Waals surface area contributed by atoms with Crippen molar-refractivity contribution in [2.24, 2.45) is 0 Å². The number of fused-ring (bicyclic) bond motifs is 2. The zero-order valence-electron chi connectivity index (χ0n) is 14.3. The van der Waals surface area contributed by atoms with E-state index in [9.17, 15) is 0 Å². The quantitative estimate of drug-likeness (QED) is 0.578. The van der Waals surface area contributed by atoms with Crippen LogP contribution in [0, 0.1) is 12.3 Å². The molecule has 1 aliphatic carbocycles. The molecule has 0 bridgehead atoms. The molecule has 0 saturated heterocycles. The molecular formula is C22H18N2S. The van der Waals surface area contributed by atoms with Gasteiger partial charge in [-0.2, -0.15) is 8.75 Å². The third-order valence-corrected chi connectivity index (χ3v) is 5.37. The second-order valence-corrected chi connectivity index (χ2v) is 7.14. The van der Waals surface area contributed by atoms with Crippen LogP contribution in [0.3, 0.4) is 0 Å². The zero-order valence-corrected chi connectivity index (χ0v) is 15.2. The molecular weight excluding hydrogens is 324 g/mol. The lowest BCUT2D eigenvalue weighted by molar-refractivity contribution is 0.874. The lowest BCUT2D eigenvalue weighted by atomic mass is 9.94. The summed E-state index contributed by atoms with van der Waals surface area (Å²) < 4.78 is 9.10. The number of hydrogen-bond acceptors (Lipinski definition) is 3. The molecule has 0 N–H and O–H groups in total. The van der Waals surface area contributed by atoms with E-state index in [2.05, 4.69) is 65.4 Å². The number of hydrogen-bond donors (Lipinski definition) is 0. The van der Waals surface area contributed by atoms with Gasteiger partial charge in [0, 0.05) is 17.6 Å². The number of allylic oxidation sites excluding steroid dienone is 3. The van der Waals surface area contributed by atoms with Gasteiger partial charge in [-0.05, 0) is 33.7 Å². The molecule has 1 heterocycles. The number of rotatable bonds is 3. The van der Waals surface area contributed by atoms with Gasteiger partial charge in [-0.15, -0.1) is 6.42 Å². The average Bonchev–Trinajstić information content (AvgIpc) is 3.23. The van der Waals surface area contributed by atoms with Gasteiger partial charge in [0.15, 0.2) is 0 Å². The maximum atomic E-state index is 5.66. The third kappa shape index (κ3) is 2.42. The lowest BCUT2D eigenvalue weighted by Gasteiger charge is -2.10. The molecule has 1 aromatic heterocycles. The van der Waals surface area contributed by atoms with Crippen molar-refractivity contribution < 1.29 is 0 Å². The molecule has 0 saturated carbocycles. The van der Waals surface area contributed by atoms with Crippen LogP contribution in [0.1, 0.15) is 36.5 Å². The first kappa shape index (κ1) is 15.8. The summed E-state index contributed by atoms with van der Waals surface area (Å²) in [4.78, 5) is 0. The molecule has 0 unspecified atom stereocenters. The van der Waals surface area contributed by atoms with Gasteiger partial charge in [-0.25, -0.2) is 0 Å². The molecule has 2 aromatic carbocycles. The molecule has 0 spiro atoms. The van der Waals surface area contributed by atoms with E-state index in [0.717, 1.165) is 39.7 Å². The summed E-state index contributed by atoms with van der Waals surface area (Å²) in [5, 5.41) is 0. The summed E-state index contributed by atoms with van der Waals surface area (Å²) >= 11 is 1.28. The maximum absolute atomic E-state index is 5.66. The molecule has 0 atom stereocenters. The highest BCUT2D eigenvalue weighted by molar-refractivity contribution is 7.00. The predicted octanol–water partition coefficient (Wildman–Crippen LogP) is 5.61. The monoisotopic (exact) mass is 342 g/mol. The fraction of sp³-hybridized carbons (Fsp3) is 0.182. The molecule has 25 heavy (non-hydrogen) atoms. The van der Waals surface area contributed by atoms with Crippen LogP contribution in [0.15, 0.2) is 48.6 Å². The fourth-order valence-corrected chi connectivity index (χ4v) is 4.15. The van der Waals surface area contributed by atoms with Gasteiger partial charge < -0.3 is 0 Å². The van der Waals surface area contributed by atoms with Gasteiger partial charge in [-0.3, -0.25) is 0 Å². The minimum atomic E-state index is 0.429.